The highest BCUT2D eigenvalue weighted by Gasteiger charge is 2.24. The number of hydrogen-bond acceptors (Lipinski definition) is 3. The Morgan fingerprint density at radius 2 is 1.75 bits per heavy atom. The predicted octanol–water partition coefficient (Wildman–Crippen LogP) is 4.04. The summed E-state index contributed by atoms with van der Waals surface area (Å²) in [5, 5.41) is 3.25. The van der Waals surface area contributed by atoms with Crippen LogP contribution in [-0.4, -0.2) is 42.9 Å². The van der Waals surface area contributed by atoms with Crippen molar-refractivity contribution in [1.82, 2.24) is 4.90 Å². The van der Waals surface area contributed by atoms with Crippen LogP contribution in [0.2, 0.25) is 5.02 Å². The van der Waals surface area contributed by atoms with E-state index in [9.17, 15) is 14.0 Å². The summed E-state index contributed by atoms with van der Waals surface area (Å²) in [5.41, 5.74) is 1.29. The first-order chi connectivity index (χ1) is 13.4. The van der Waals surface area contributed by atoms with Gasteiger partial charge in [0.25, 0.3) is 5.91 Å². The zero-order chi connectivity index (χ0) is 20.3. The fraction of sp³-hybridized carbons (Fsp3) is 0.333. The van der Waals surface area contributed by atoms with E-state index >= 15 is 0 Å². The van der Waals surface area contributed by atoms with Gasteiger partial charge in [-0.05, 0) is 30.3 Å². The fourth-order valence-corrected chi connectivity index (χ4v) is 3.42. The van der Waals surface area contributed by atoms with E-state index < -0.39 is 11.7 Å². The molecule has 1 N–H and O–H groups in total. The van der Waals surface area contributed by atoms with Crippen molar-refractivity contribution >= 4 is 34.8 Å². The summed E-state index contributed by atoms with van der Waals surface area (Å²) in [6.07, 6.45) is 0. The smallest absolute Gasteiger partial charge is 0.258 e. The molecule has 0 bridgehead atoms. The Labute approximate surface area is 169 Å². The molecule has 2 aromatic carbocycles. The quantitative estimate of drug-likeness (QED) is 0.838. The number of piperazine rings is 1. The number of benzene rings is 2. The first kappa shape index (κ1) is 20.1. The predicted molar refractivity (Wildman–Crippen MR) is 109 cm³/mol. The molecule has 0 unspecified atom stereocenters. The Balaban J connectivity index is 1.78. The molecule has 3 rings (SSSR count). The average Bonchev–Trinajstić information content (AvgIpc) is 2.68. The van der Waals surface area contributed by atoms with Gasteiger partial charge in [0.15, 0.2) is 0 Å². The minimum Gasteiger partial charge on any atom is -0.366 e. The molecule has 0 saturated carbocycles. The Bertz CT molecular complexity index is 880. The molecule has 0 aliphatic carbocycles. The van der Waals surface area contributed by atoms with Crippen molar-refractivity contribution in [3.63, 3.8) is 0 Å². The maximum atomic E-state index is 13.9. The van der Waals surface area contributed by atoms with Gasteiger partial charge in [-0.15, -0.1) is 0 Å². The van der Waals surface area contributed by atoms with E-state index in [2.05, 4.69) is 10.2 Å². The molecule has 28 heavy (non-hydrogen) atoms. The summed E-state index contributed by atoms with van der Waals surface area (Å²) in [5.74, 6) is -0.999. The van der Waals surface area contributed by atoms with Gasteiger partial charge in [-0.2, -0.15) is 0 Å². The number of hydrogen-bond donors (Lipinski definition) is 1. The summed E-state index contributed by atoms with van der Waals surface area (Å²) in [4.78, 5) is 28.7. The summed E-state index contributed by atoms with van der Waals surface area (Å²) in [6, 6.07) is 11.1. The highest BCUT2D eigenvalue weighted by molar-refractivity contribution is 6.31. The van der Waals surface area contributed by atoms with E-state index in [1.54, 1.807) is 18.2 Å². The molecule has 1 saturated heterocycles. The zero-order valence-electron chi connectivity index (χ0n) is 15.9. The van der Waals surface area contributed by atoms with E-state index in [0.717, 1.165) is 5.69 Å². The van der Waals surface area contributed by atoms with Gasteiger partial charge in [0, 0.05) is 37.1 Å². The number of nitrogens with zero attached hydrogens (tertiary/aromatic N) is 2. The summed E-state index contributed by atoms with van der Waals surface area (Å²) in [6.45, 7) is 6.29. The van der Waals surface area contributed by atoms with E-state index in [0.29, 0.717) is 36.9 Å². The standard InChI is InChI=1S/C21H23ClFN3O2/c1-14(2)21(28)26-11-9-25(10-12-26)19-8-7-15(22)13-18(19)24-20(27)16-5-3-4-6-17(16)23/h3-8,13-14H,9-12H2,1-2H3,(H,24,27). The van der Waals surface area contributed by atoms with Gasteiger partial charge in [-0.1, -0.05) is 37.6 Å². The second kappa shape index (κ2) is 8.61. The van der Waals surface area contributed by atoms with Crippen molar-refractivity contribution in [3.8, 4) is 0 Å². The van der Waals surface area contributed by atoms with Crippen molar-refractivity contribution in [2.75, 3.05) is 36.4 Å². The van der Waals surface area contributed by atoms with E-state index in [4.69, 9.17) is 11.6 Å². The molecule has 1 aliphatic heterocycles. The fourth-order valence-electron chi connectivity index (χ4n) is 3.25. The molecule has 0 aromatic heterocycles. The van der Waals surface area contributed by atoms with Crippen LogP contribution in [0.5, 0.6) is 0 Å². The molecule has 148 valence electrons. The number of anilines is 2. The van der Waals surface area contributed by atoms with Gasteiger partial charge in [-0.3, -0.25) is 9.59 Å². The molecule has 1 fully saturated rings. The first-order valence-electron chi connectivity index (χ1n) is 9.26. The highest BCUT2D eigenvalue weighted by Crippen LogP contribution is 2.30. The minimum atomic E-state index is -0.579. The highest BCUT2D eigenvalue weighted by atomic mass is 35.5. The number of carbonyl (C=O) groups excluding carboxylic acids is 2. The van der Waals surface area contributed by atoms with Crippen LogP contribution in [0.1, 0.15) is 24.2 Å². The maximum absolute atomic E-state index is 13.9. The van der Waals surface area contributed by atoms with Gasteiger partial charge in [0.05, 0.1) is 16.9 Å². The Kier molecular flexibility index (Phi) is 6.19. The molecule has 2 aromatic rings. The van der Waals surface area contributed by atoms with Gasteiger partial charge >= 0.3 is 0 Å². The SMILES string of the molecule is CC(C)C(=O)N1CCN(c2ccc(Cl)cc2NC(=O)c2ccccc2F)CC1. The average molecular weight is 404 g/mol. The Hall–Kier alpha value is -2.60. The van der Waals surface area contributed by atoms with Gasteiger partial charge in [-0.25, -0.2) is 4.39 Å². The van der Waals surface area contributed by atoms with Crippen LogP contribution in [0, 0.1) is 11.7 Å². The zero-order valence-corrected chi connectivity index (χ0v) is 16.7. The normalized spacial score (nSPS) is 14.3. The van der Waals surface area contributed by atoms with Gasteiger partial charge in [0.2, 0.25) is 5.91 Å². The monoisotopic (exact) mass is 403 g/mol. The molecular weight excluding hydrogens is 381 g/mol. The molecule has 0 atom stereocenters. The third-order valence-electron chi connectivity index (χ3n) is 4.75. The number of carbonyl (C=O) groups is 2. The van der Waals surface area contributed by atoms with E-state index in [-0.39, 0.29) is 17.4 Å². The summed E-state index contributed by atoms with van der Waals surface area (Å²) >= 11 is 6.12. The molecule has 0 radical (unpaired) electrons. The van der Waals surface area contributed by atoms with E-state index in [1.165, 1.54) is 18.2 Å². The molecule has 1 aliphatic rings. The van der Waals surface area contributed by atoms with Crippen LogP contribution in [0.3, 0.4) is 0 Å². The third kappa shape index (κ3) is 4.44. The molecule has 1 heterocycles. The topological polar surface area (TPSA) is 52.7 Å². The third-order valence-corrected chi connectivity index (χ3v) is 4.99. The van der Waals surface area contributed by atoms with Crippen LogP contribution in [0.25, 0.3) is 0 Å². The Morgan fingerprint density at radius 1 is 1.07 bits per heavy atom. The lowest BCUT2D eigenvalue weighted by atomic mass is 10.1. The van der Waals surface area contributed by atoms with Crippen LogP contribution < -0.4 is 10.2 Å². The minimum absolute atomic E-state index is 0.0271. The van der Waals surface area contributed by atoms with Crippen LogP contribution >= 0.6 is 11.6 Å². The van der Waals surface area contributed by atoms with Crippen molar-refractivity contribution in [1.29, 1.82) is 0 Å². The van der Waals surface area contributed by atoms with Crippen LogP contribution in [-0.2, 0) is 4.79 Å². The molecule has 0 spiro atoms. The summed E-state index contributed by atoms with van der Waals surface area (Å²) in [7, 11) is 0. The van der Waals surface area contributed by atoms with Gasteiger partial charge in [0.1, 0.15) is 5.82 Å². The van der Waals surface area contributed by atoms with Crippen LogP contribution in [0.4, 0.5) is 15.8 Å². The number of halogens is 2. The number of rotatable bonds is 4. The van der Waals surface area contributed by atoms with E-state index in [1.807, 2.05) is 24.8 Å². The number of nitrogens with one attached hydrogen (secondary N) is 1. The molecule has 7 heteroatoms. The van der Waals surface area contributed by atoms with Crippen molar-refractivity contribution in [2.45, 2.75) is 13.8 Å². The Morgan fingerprint density at radius 3 is 2.39 bits per heavy atom. The lowest BCUT2D eigenvalue weighted by Crippen LogP contribution is -2.50. The lowest BCUT2D eigenvalue weighted by Gasteiger charge is -2.37. The van der Waals surface area contributed by atoms with Gasteiger partial charge < -0.3 is 15.1 Å². The summed E-state index contributed by atoms with van der Waals surface area (Å²) < 4.78 is 13.9. The van der Waals surface area contributed by atoms with Crippen molar-refractivity contribution in [2.24, 2.45) is 5.92 Å². The molecule has 5 nitrogen and oxygen atoms in total. The maximum Gasteiger partial charge on any atom is 0.258 e. The van der Waals surface area contributed by atoms with Crippen LogP contribution in [0.15, 0.2) is 42.5 Å². The number of amides is 2. The molecular formula is C21H23ClFN3O2. The molecule has 2 amide bonds. The largest absolute Gasteiger partial charge is 0.366 e. The van der Waals surface area contributed by atoms with Crippen molar-refractivity contribution < 1.29 is 14.0 Å². The second-order valence-electron chi connectivity index (χ2n) is 7.06. The first-order valence-corrected chi connectivity index (χ1v) is 9.64. The van der Waals surface area contributed by atoms with Crippen molar-refractivity contribution in [3.05, 3.63) is 58.9 Å². The second-order valence-corrected chi connectivity index (χ2v) is 7.50. The lowest BCUT2D eigenvalue weighted by molar-refractivity contribution is -0.134.